The van der Waals surface area contributed by atoms with Gasteiger partial charge in [0, 0.05) is 0 Å². The van der Waals surface area contributed by atoms with E-state index in [1.165, 1.54) is 0 Å². The minimum atomic E-state index is -0.335. The van der Waals surface area contributed by atoms with Crippen molar-refractivity contribution in [1.29, 1.82) is 0 Å². The van der Waals surface area contributed by atoms with Crippen LogP contribution in [0.15, 0.2) is 18.2 Å². The molecule has 0 amide bonds. The van der Waals surface area contributed by atoms with Crippen molar-refractivity contribution in [2.45, 2.75) is 6.92 Å². The summed E-state index contributed by atoms with van der Waals surface area (Å²) in [5, 5.41) is 6.37. The lowest BCUT2D eigenvalue weighted by molar-refractivity contribution is 0.620. The molecule has 0 saturated carbocycles. The number of nitrogens with two attached hydrogens (primary N) is 1. The highest BCUT2D eigenvalue weighted by Crippen LogP contribution is 2.21. The van der Waals surface area contributed by atoms with Crippen LogP contribution >= 0.6 is 12.2 Å². The Hall–Kier alpha value is -1.69. The predicted octanol–water partition coefficient (Wildman–Crippen LogP) is 1.77. The van der Waals surface area contributed by atoms with Gasteiger partial charge in [-0.3, -0.25) is 0 Å². The maximum atomic E-state index is 13.7. The molecule has 6 heteroatoms. The van der Waals surface area contributed by atoms with E-state index in [0.29, 0.717) is 17.0 Å². The fourth-order valence-corrected chi connectivity index (χ4v) is 1.45. The van der Waals surface area contributed by atoms with Crippen molar-refractivity contribution in [2.24, 2.45) is 0 Å². The number of hydrogen-bond donors (Lipinski definition) is 2. The summed E-state index contributed by atoms with van der Waals surface area (Å²) >= 11 is 4.85. The molecule has 0 radical (unpaired) electrons. The van der Waals surface area contributed by atoms with Crippen molar-refractivity contribution < 1.29 is 4.39 Å². The highest BCUT2D eigenvalue weighted by Gasteiger charge is 2.12. The molecule has 0 aliphatic rings. The number of benzene rings is 1. The zero-order chi connectivity index (χ0) is 11.0. The third kappa shape index (κ3) is 1.52. The third-order valence-corrected chi connectivity index (χ3v) is 2.43. The SMILES string of the molecule is Cc1cccc(-c2n[nH]c(=S)n2N)c1F. The van der Waals surface area contributed by atoms with Crippen LogP contribution in [0.5, 0.6) is 0 Å². The zero-order valence-electron chi connectivity index (χ0n) is 7.99. The lowest BCUT2D eigenvalue weighted by Gasteiger charge is -2.03. The van der Waals surface area contributed by atoms with E-state index in [0.717, 1.165) is 4.68 Å². The molecule has 78 valence electrons. The average molecular weight is 224 g/mol. The van der Waals surface area contributed by atoms with E-state index in [-0.39, 0.29) is 10.6 Å². The Morgan fingerprint density at radius 1 is 1.53 bits per heavy atom. The molecule has 0 spiro atoms. The Labute approximate surface area is 90.5 Å². The van der Waals surface area contributed by atoms with Crippen LogP contribution in [0, 0.1) is 17.5 Å². The van der Waals surface area contributed by atoms with Crippen LogP contribution in [0.25, 0.3) is 11.4 Å². The molecule has 0 fully saturated rings. The van der Waals surface area contributed by atoms with Crippen molar-refractivity contribution in [1.82, 2.24) is 14.9 Å². The van der Waals surface area contributed by atoms with Gasteiger partial charge in [0.1, 0.15) is 5.82 Å². The first-order valence-electron chi connectivity index (χ1n) is 4.29. The number of H-pyrrole nitrogens is 1. The summed E-state index contributed by atoms with van der Waals surface area (Å²) in [4.78, 5) is 0. The minimum absolute atomic E-state index is 0.255. The summed E-state index contributed by atoms with van der Waals surface area (Å²) < 4.78 is 15.1. The molecule has 3 N–H and O–H groups in total. The fraction of sp³-hybridized carbons (Fsp3) is 0.111. The third-order valence-electron chi connectivity index (χ3n) is 2.14. The fourth-order valence-electron chi connectivity index (χ4n) is 1.31. The molecule has 0 aliphatic heterocycles. The van der Waals surface area contributed by atoms with Crippen LogP contribution in [-0.2, 0) is 0 Å². The van der Waals surface area contributed by atoms with Gasteiger partial charge in [0.05, 0.1) is 5.56 Å². The van der Waals surface area contributed by atoms with Gasteiger partial charge in [-0.05, 0) is 30.8 Å². The Morgan fingerprint density at radius 3 is 2.87 bits per heavy atom. The van der Waals surface area contributed by atoms with E-state index >= 15 is 0 Å². The molecule has 0 saturated heterocycles. The molecule has 4 nitrogen and oxygen atoms in total. The second kappa shape index (κ2) is 3.47. The molecule has 1 aromatic heterocycles. The molecule has 1 aromatic carbocycles. The Balaban J connectivity index is 2.69. The number of aromatic nitrogens is 3. The summed E-state index contributed by atoms with van der Waals surface area (Å²) in [5.41, 5.74) is 0.881. The molecule has 15 heavy (non-hydrogen) atoms. The van der Waals surface area contributed by atoms with Crippen molar-refractivity contribution in [3.8, 4) is 11.4 Å². The Kier molecular flexibility index (Phi) is 2.28. The van der Waals surface area contributed by atoms with Crippen LogP contribution in [0.3, 0.4) is 0 Å². The van der Waals surface area contributed by atoms with E-state index in [9.17, 15) is 4.39 Å². The molecule has 0 unspecified atom stereocenters. The van der Waals surface area contributed by atoms with E-state index < -0.39 is 0 Å². The number of hydrogen-bond acceptors (Lipinski definition) is 3. The number of halogens is 1. The number of rotatable bonds is 1. The van der Waals surface area contributed by atoms with Gasteiger partial charge in [-0.25, -0.2) is 14.2 Å². The average Bonchev–Trinajstić information content (AvgIpc) is 2.53. The van der Waals surface area contributed by atoms with Crippen LogP contribution in [0.2, 0.25) is 0 Å². The van der Waals surface area contributed by atoms with E-state index in [4.69, 9.17) is 18.1 Å². The first-order valence-corrected chi connectivity index (χ1v) is 4.70. The second-order valence-corrected chi connectivity index (χ2v) is 3.55. The van der Waals surface area contributed by atoms with Crippen molar-refractivity contribution >= 4 is 12.2 Å². The quantitative estimate of drug-likeness (QED) is 0.573. The van der Waals surface area contributed by atoms with Gasteiger partial charge in [-0.1, -0.05) is 12.1 Å². The summed E-state index contributed by atoms with van der Waals surface area (Å²) in [6.07, 6.45) is 0. The maximum Gasteiger partial charge on any atom is 0.214 e. The van der Waals surface area contributed by atoms with Gasteiger partial charge in [0.15, 0.2) is 5.82 Å². The number of aryl methyl sites for hydroxylation is 1. The van der Waals surface area contributed by atoms with Gasteiger partial charge in [0.2, 0.25) is 4.77 Å². The van der Waals surface area contributed by atoms with Gasteiger partial charge < -0.3 is 5.84 Å². The standard InChI is InChI=1S/C9H9FN4S/c1-5-3-2-4-6(7(5)10)8-12-13-9(15)14(8)11/h2-4H,11H2,1H3,(H,13,15). The molecule has 0 bridgehead atoms. The lowest BCUT2D eigenvalue weighted by atomic mass is 10.1. The first kappa shape index (κ1) is 9.85. The molecule has 2 rings (SSSR count). The molecular formula is C9H9FN4S. The van der Waals surface area contributed by atoms with Crippen LogP contribution in [-0.4, -0.2) is 14.9 Å². The minimum Gasteiger partial charge on any atom is -0.335 e. The first-order chi connectivity index (χ1) is 7.11. The molecule has 0 aliphatic carbocycles. The van der Waals surface area contributed by atoms with E-state index in [1.807, 2.05) is 0 Å². The molecule has 1 heterocycles. The maximum absolute atomic E-state index is 13.7. The summed E-state index contributed by atoms with van der Waals surface area (Å²) in [5.74, 6) is 5.56. The predicted molar refractivity (Wildman–Crippen MR) is 57.7 cm³/mol. The summed E-state index contributed by atoms with van der Waals surface area (Å²) in [6.45, 7) is 1.68. The summed E-state index contributed by atoms with van der Waals surface area (Å²) in [6, 6.07) is 5.03. The van der Waals surface area contributed by atoms with Crippen molar-refractivity contribution in [3.05, 3.63) is 34.4 Å². The lowest BCUT2D eigenvalue weighted by Crippen LogP contribution is -2.10. The van der Waals surface area contributed by atoms with Crippen LogP contribution < -0.4 is 5.84 Å². The van der Waals surface area contributed by atoms with Gasteiger partial charge >= 0.3 is 0 Å². The number of aromatic amines is 1. The highest BCUT2D eigenvalue weighted by atomic mass is 32.1. The molecule has 2 aromatic rings. The Morgan fingerprint density at radius 2 is 2.27 bits per heavy atom. The second-order valence-electron chi connectivity index (χ2n) is 3.16. The van der Waals surface area contributed by atoms with Crippen molar-refractivity contribution in [3.63, 3.8) is 0 Å². The largest absolute Gasteiger partial charge is 0.335 e. The zero-order valence-corrected chi connectivity index (χ0v) is 8.81. The molecular weight excluding hydrogens is 215 g/mol. The van der Waals surface area contributed by atoms with Gasteiger partial charge in [-0.2, -0.15) is 5.10 Å². The number of nitrogen functional groups attached to an aromatic ring is 1. The van der Waals surface area contributed by atoms with Gasteiger partial charge in [0.25, 0.3) is 0 Å². The van der Waals surface area contributed by atoms with E-state index in [2.05, 4.69) is 10.2 Å². The smallest absolute Gasteiger partial charge is 0.214 e. The monoisotopic (exact) mass is 224 g/mol. The summed E-state index contributed by atoms with van der Waals surface area (Å²) in [7, 11) is 0. The van der Waals surface area contributed by atoms with Gasteiger partial charge in [-0.15, -0.1) is 0 Å². The Bertz CT molecular complexity index is 557. The normalized spacial score (nSPS) is 10.5. The molecule has 0 atom stereocenters. The van der Waals surface area contributed by atoms with Crippen molar-refractivity contribution in [2.75, 3.05) is 5.84 Å². The van der Waals surface area contributed by atoms with Crippen LogP contribution in [0.1, 0.15) is 5.56 Å². The van der Waals surface area contributed by atoms with Crippen LogP contribution in [0.4, 0.5) is 4.39 Å². The number of nitrogens with zero attached hydrogens (tertiary/aromatic N) is 2. The van der Waals surface area contributed by atoms with E-state index in [1.54, 1.807) is 25.1 Å². The number of nitrogens with one attached hydrogen (secondary N) is 1. The highest BCUT2D eigenvalue weighted by molar-refractivity contribution is 7.71. The topological polar surface area (TPSA) is 59.6 Å².